The fourth-order valence-electron chi connectivity index (χ4n) is 2.50. The van der Waals surface area contributed by atoms with Gasteiger partial charge in [-0.3, -0.25) is 10.4 Å². The first-order chi connectivity index (χ1) is 12.2. The second kappa shape index (κ2) is 7.76. The van der Waals surface area contributed by atoms with Crippen molar-refractivity contribution in [2.45, 2.75) is 0 Å². The number of para-hydroxylation sites is 2. The van der Waals surface area contributed by atoms with Crippen molar-refractivity contribution >= 4 is 34.9 Å². The molecule has 3 rings (SSSR count). The third kappa shape index (κ3) is 3.77. The van der Waals surface area contributed by atoms with Crippen molar-refractivity contribution in [2.75, 3.05) is 20.8 Å². The number of nitrogens with one attached hydrogen (secondary N) is 2. The number of methoxy groups -OCH3 is 2. The van der Waals surface area contributed by atoms with Crippen LogP contribution < -0.4 is 20.2 Å². The van der Waals surface area contributed by atoms with Gasteiger partial charge in [-0.2, -0.15) is 5.10 Å². The highest BCUT2D eigenvalue weighted by molar-refractivity contribution is 7.80. The van der Waals surface area contributed by atoms with Crippen LogP contribution >= 0.6 is 12.2 Å². The highest BCUT2D eigenvalue weighted by atomic mass is 32.1. The zero-order chi connectivity index (χ0) is 17.6. The first-order valence-corrected chi connectivity index (χ1v) is 8.08. The second-order valence-corrected chi connectivity index (χ2v) is 5.62. The molecule has 0 bridgehead atoms. The Morgan fingerprint density at radius 2 is 1.96 bits per heavy atom. The molecule has 2 aromatic rings. The number of benzene rings is 2. The highest BCUT2D eigenvalue weighted by Gasteiger charge is 2.13. The van der Waals surface area contributed by atoms with Gasteiger partial charge in [-0.15, -0.1) is 0 Å². The molecule has 1 aliphatic heterocycles. The molecule has 0 atom stereocenters. The van der Waals surface area contributed by atoms with Crippen LogP contribution in [0.3, 0.4) is 0 Å². The summed E-state index contributed by atoms with van der Waals surface area (Å²) in [7, 11) is 3.22. The lowest BCUT2D eigenvalue weighted by atomic mass is 10.1. The zero-order valence-electron chi connectivity index (χ0n) is 13.9. The van der Waals surface area contributed by atoms with Crippen LogP contribution in [0.2, 0.25) is 0 Å². The number of nitrogens with zero attached hydrogens (tertiary/aromatic N) is 2. The average Bonchev–Trinajstić information content (AvgIpc) is 2.66. The number of hydrogen-bond donors (Lipinski definition) is 2. The molecule has 0 saturated carbocycles. The quantitative estimate of drug-likeness (QED) is 0.638. The number of ether oxygens (including phenoxy) is 2. The summed E-state index contributed by atoms with van der Waals surface area (Å²) in [4.78, 5) is 4.62. The lowest BCUT2D eigenvalue weighted by molar-refractivity contribution is 0.354. The summed E-state index contributed by atoms with van der Waals surface area (Å²) in [6.07, 6.45) is 1.76. The van der Waals surface area contributed by atoms with Crippen molar-refractivity contribution in [1.29, 1.82) is 0 Å². The predicted octanol–water partition coefficient (Wildman–Crippen LogP) is 2.64. The van der Waals surface area contributed by atoms with Crippen LogP contribution in [0.5, 0.6) is 11.5 Å². The van der Waals surface area contributed by atoms with Crippen LogP contribution in [-0.2, 0) is 0 Å². The molecular formula is C18H18N4O2S. The minimum atomic E-state index is 0.519. The van der Waals surface area contributed by atoms with E-state index >= 15 is 0 Å². The molecule has 1 heterocycles. The van der Waals surface area contributed by atoms with E-state index < -0.39 is 0 Å². The molecule has 2 aromatic carbocycles. The molecule has 6 nitrogen and oxygen atoms in total. The maximum atomic E-state index is 5.44. The van der Waals surface area contributed by atoms with Gasteiger partial charge in [0, 0.05) is 17.3 Å². The summed E-state index contributed by atoms with van der Waals surface area (Å²) < 4.78 is 10.8. The Kier molecular flexibility index (Phi) is 5.25. The summed E-state index contributed by atoms with van der Waals surface area (Å²) in [5, 5.41) is 7.89. The molecule has 2 N–H and O–H groups in total. The largest absolute Gasteiger partial charge is 0.493 e. The highest BCUT2D eigenvalue weighted by Crippen LogP contribution is 2.30. The van der Waals surface area contributed by atoms with E-state index in [0.29, 0.717) is 23.2 Å². The number of rotatable bonds is 5. The number of hydrogen-bond acceptors (Lipinski definition) is 5. The van der Waals surface area contributed by atoms with Gasteiger partial charge < -0.3 is 14.8 Å². The van der Waals surface area contributed by atoms with E-state index in [9.17, 15) is 0 Å². The monoisotopic (exact) mass is 354 g/mol. The van der Waals surface area contributed by atoms with Crippen molar-refractivity contribution in [1.82, 2.24) is 10.7 Å². The maximum absolute atomic E-state index is 5.44. The summed E-state index contributed by atoms with van der Waals surface area (Å²) in [5.41, 5.74) is 6.21. The van der Waals surface area contributed by atoms with Gasteiger partial charge in [0.05, 0.1) is 32.2 Å². The van der Waals surface area contributed by atoms with E-state index in [1.54, 1.807) is 20.4 Å². The molecule has 0 aromatic heterocycles. The summed E-state index contributed by atoms with van der Waals surface area (Å²) in [5.74, 6) is 1.31. The molecule has 0 amide bonds. The van der Waals surface area contributed by atoms with Crippen molar-refractivity contribution in [3.05, 3.63) is 53.6 Å². The van der Waals surface area contributed by atoms with Gasteiger partial charge in [-0.05, 0) is 30.4 Å². The average molecular weight is 354 g/mol. The van der Waals surface area contributed by atoms with Gasteiger partial charge in [0.1, 0.15) is 0 Å². The molecule has 0 fully saturated rings. The molecule has 128 valence electrons. The van der Waals surface area contributed by atoms with Crippen LogP contribution in [-0.4, -0.2) is 37.8 Å². The Morgan fingerprint density at radius 3 is 2.68 bits per heavy atom. The molecule has 7 heteroatoms. The van der Waals surface area contributed by atoms with E-state index in [4.69, 9.17) is 21.7 Å². The lowest BCUT2D eigenvalue weighted by Gasteiger charge is -2.17. The van der Waals surface area contributed by atoms with Crippen LogP contribution in [0.1, 0.15) is 11.1 Å². The normalized spacial score (nSPS) is 13.8. The van der Waals surface area contributed by atoms with Crippen molar-refractivity contribution in [2.24, 2.45) is 10.1 Å². The Labute approximate surface area is 151 Å². The molecule has 0 aliphatic carbocycles. The van der Waals surface area contributed by atoms with E-state index in [1.807, 2.05) is 42.5 Å². The molecule has 1 aliphatic rings. The van der Waals surface area contributed by atoms with E-state index in [2.05, 4.69) is 20.8 Å². The fourth-order valence-corrected chi connectivity index (χ4v) is 2.62. The van der Waals surface area contributed by atoms with Crippen molar-refractivity contribution in [3.8, 4) is 11.5 Å². The topological polar surface area (TPSA) is 67.2 Å². The SMILES string of the molecule is COc1cccc(C=Nc2ccccc2C2=NNC(=S)NC2)c1OC. The third-order valence-electron chi connectivity index (χ3n) is 3.70. The van der Waals surface area contributed by atoms with Crippen LogP contribution in [0, 0.1) is 0 Å². The number of thiocarbonyl (C=S) groups is 1. The lowest BCUT2D eigenvalue weighted by Crippen LogP contribution is -2.42. The van der Waals surface area contributed by atoms with Gasteiger partial charge in [0.25, 0.3) is 0 Å². The van der Waals surface area contributed by atoms with Crippen LogP contribution in [0.4, 0.5) is 5.69 Å². The molecular weight excluding hydrogens is 336 g/mol. The van der Waals surface area contributed by atoms with Crippen molar-refractivity contribution in [3.63, 3.8) is 0 Å². The molecule has 0 spiro atoms. The number of hydrazone groups is 1. The maximum Gasteiger partial charge on any atom is 0.187 e. The Hall–Kier alpha value is -2.93. The standard InChI is InChI=1S/C18H18N4O2S/c1-23-16-9-5-6-12(17(16)24-2)10-19-14-8-4-3-7-13(14)15-11-20-18(25)22-21-15/h3-10H,11H2,1-2H3,(H2,20,22,25). The smallest absolute Gasteiger partial charge is 0.187 e. The van der Waals surface area contributed by atoms with Gasteiger partial charge in [-0.1, -0.05) is 24.3 Å². The van der Waals surface area contributed by atoms with Gasteiger partial charge in [0.15, 0.2) is 16.6 Å². The summed E-state index contributed by atoms with van der Waals surface area (Å²) in [6.45, 7) is 0.556. The molecule has 0 saturated heterocycles. The van der Waals surface area contributed by atoms with Gasteiger partial charge in [-0.25, -0.2) is 0 Å². The Balaban J connectivity index is 1.94. The fraction of sp³-hybridized carbons (Fsp3) is 0.167. The Bertz CT molecular complexity index is 849. The minimum absolute atomic E-state index is 0.519. The number of aliphatic imine (C=N–C) groups is 1. The molecule has 0 radical (unpaired) electrons. The van der Waals surface area contributed by atoms with Crippen molar-refractivity contribution < 1.29 is 9.47 Å². The first kappa shape index (κ1) is 16.9. The predicted molar refractivity (Wildman–Crippen MR) is 104 cm³/mol. The summed E-state index contributed by atoms with van der Waals surface area (Å²) in [6, 6.07) is 13.5. The van der Waals surface area contributed by atoms with Crippen LogP contribution in [0.15, 0.2) is 52.6 Å². The second-order valence-electron chi connectivity index (χ2n) is 5.21. The van der Waals surface area contributed by atoms with Gasteiger partial charge >= 0.3 is 0 Å². The Morgan fingerprint density at radius 1 is 1.12 bits per heavy atom. The van der Waals surface area contributed by atoms with Gasteiger partial charge in [0.2, 0.25) is 0 Å². The minimum Gasteiger partial charge on any atom is -0.493 e. The molecule has 0 unspecified atom stereocenters. The van der Waals surface area contributed by atoms with E-state index in [-0.39, 0.29) is 0 Å². The first-order valence-electron chi connectivity index (χ1n) is 7.68. The zero-order valence-corrected chi connectivity index (χ0v) is 14.8. The summed E-state index contributed by atoms with van der Waals surface area (Å²) >= 11 is 5.02. The third-order valence-corrected chi connectivity index (χ3v) is 3.94. The van der Waals surface area contributed by atoms with E-state index in [0.717, 1.165) is 22.5 Å². The van der Waals surface area contributed by atoms with E-state index in [1.165, 1.54) is 0 Å². The van der Waals surface area contributed by atoms with Crippen LogP contribution in [0.25, 0.3) is 0 Å². The molecule has 25 heavy (non-hydrogen) atoms.